The molecule has 0 bridgehead atoms. The van der Waals surface area contributed by atoms with Gasteiger partial charge in [0, 0.05) is 37.7 Å². The van der Waals surface area contributed by atoms with E-state index < -0.39 is 29.4 Å². The Morgan fingerprint density at radius 3 is 2.19 bits per heavy atom. The Balaban J connectivity index is 1.34. The Labute approximate surface area is 428 Å². The van der Waals surface area contributed by atoms with Gasteiger partial charge in [0.05, 0.1) is 24.8 Å². The minimum Gasteiger partial charge on any atom is -0.459 e. The molecule has 390 valence electrons. The first-order chi connectivity index (χ1) is 35.0. The van der Waals surface area contributed by atoms with E-state index in [-0.39, 0.29) is 63.0 Å². The molecular formula is C61H81FN2O8. The molecule has 0 spiro atoms. The Morgan fingerprint density at radius 1 is 0.833 bits per heavy atom. The number of unbranched alkanes of at least 4 members (excludes halogenated alkanes) is 11. The highest BCUT2D eigenvalue weighted by molar-refractivity contribution is 6.03. The van der Waals surface area contributed by atoms with Crippen LogP contribution < -0.4 is 9.47 Å². The fourth-order valence-corrected chi connectivity index (χ4v) is 11.2. The molecular weight excluding hydrogens is 908 g/mol. The van der Waals surface area contributed by atoms with Crippen LogP contribution in [0, 0.1) is 23.6 Å². The van der Waals surface area contributed by atoms with Crippen molar-refractivity contribution in [2.45, 2.75) is 167 Å². The van der Waals surface area contributed by atoms with Gasteiger partial charge in [0.1, 0.15) is 34.7 Å². The van der Waals surface area contributed by atoms with Crippen LogP contribution in [-0.4, -0.2) is 70.8 Å². The van der Waals surface area contributed by atoms with Crippen LogP contribution in [-0.2, 0) is 20.9 Å². The summed E-state index contributed by atoms with van der Waals surface area (Å²) in [7, 11) is 0. The molecule has 11 heteroatoms. The molecule has 10 nitrogen and oxygen atoms in total. The molecule has 1 amide bonds. The molecule has 72 heavy (non-hydrogen) atoms. The van der Waals surface area contributed by atoms with Crippen molar-refractivity contribution in [2.24, 2.45) is 22.9 Å². The maximum absolute atomic E-state index is 15.1. The fraction of sp³-hybridized carbons (Fsp3) is 0.541. The second kappa shape index (κ2) is 26.6. The summed E-state index contributed by atoms with van der Waals surface area (Å²) in [5.41, 5.74) is 2.66. The Hall–Kier alpha value is -5.23. The van der Waals surface area contributed by atoms with Gasteiger partial charge in [-0.3, -0.25) is 4.90 Å². The van der Waals surface area contributed by atoms with Gasteiger partial charge >= 0.3 is 6.09 Å². The van der Waals surface area contributed by atoms with Crippen LogP contribution in [0.3, 0.4) is 0 Å². The average Bonchev–Trinajstić information content (AvgIpc) is 3.37. The molecule has 1 aliphatic heterocycles. The van der Waals surface area contributed by atoms with Gasteiger partial charge in [-0.2, -0.15) is 0 Å². The Kier molecular flexibility index (Phi) is 20.2. The number of aliphatic hydroxyl groups excluding tert-OH is 2. The summed E-state index contributed by atoms with van der Waals surface area (Å²) in [5, 5.41) is 27.3. The number of hydrogen-bond donors (Lipinski definition) is 2. The minimum absolute atomic E-state index is 0.0200. The summed E-state index contributed by atoms with van der Waals surface area (Å²) in [4.78, 5) is 23.1. The van der Waals surface area contributed by atoms with Gasteiger partial charge in [-0.05, 0) is 129 Å². The molecule has 6 unspecified atom stereocenters. The number of allylic oxidation sites excluding steroid dienone is 1. The topological polar surface area (TPSA) is 119 Å². The molecule has 2 N–H and O–H groups in total. The van der Waals surface area contributed by atoms with E-state index in [1.165, 1.54) is 50.7 Å². The third-order valence-electron chi connectivity index (χ3n) is 14.6. The maximum atomic E-state index is 15.1. The maximum Gasteiger partial charge on any atom is 0.410 e. The number of hydrogen-bond acceptors (Lipinski definition) is 9. The summed E-state index contributed by atoms with van der Waals surface area (Å²) in [6, 6.07) is 25.7. The number of rotatable bonds is 28. The highest BCUT2D eigenvalue weighted by Crippen LogP contribution is 2.62. The average molecular weight is 989 g/mol. The van der Waals surface area contributed by atoms with Crippen LogP contribution in [0.2, 0.25) is 0 Å². The van der Waals surface area contributed by atoms with Crippen molar-refractivity contribution in [3.8, 4) is 17.2 Å². The summed E-state index contributed by atoms with van der Waals surface area (Å²) in [5.74, 6) is -0.605. The van der Waals surface area contributed by atoms with E-state index in [0.717, 1.165) is 78.8 Å². The van der Waals surface area contributed by atoms with Gasteiger partial charge < -0.3 is 34.0 Å². The monoisotopic (exact) mass is 989 g/mol. The number of amides is 1. The predicted octanol–water partition coefficient (Wildman–Crippen LogP) is 14.8. The molecule has 4 aromatic rings. The lowest BCUT2D eigenvalue weighted by atomic mass is 9.55. The normalized spacial score (nSPS) is 21.8. The van der Waals surface area contributed by atoms with Gasteiger partial charge in [-0.15, -0.1) is 6.58 Å². The fourth-order valence-electron chi connectivity index (χ4n) is 11.2. The number of aliphatic hydroxyl groups is 2. The first-order valence-electron chi connectivity index (χ1n) is 27.1. The number of fused-ring (bicyclic) bond motifs is 3. The zero-order valence-corrected chi connectivity index (χ0v) is 43.5. The van der Waals surface area contributed by atoms with E-state index in [9.17, 15) is 14.6 Å². The molecule has 1 heterocycles. The Morgan fingerprint density at radius 2 is 1.50 bits per heavy atom. The van der Waals surface area contributed by atoms with Gasteiger partial charge in [-0.1, -0.05) is 137 Å². The van der Waals surface area contributed by atoms with E-state index in [4.69, 9.17) is 28.9 Å². The van der Waals surface area contributed by atoms with Gasteiger partial charge in [-0.25, -0.2) is 9.18 Å². The number of nitrogens with zero attached hydrogens (tertiary/aromatic N) is 2. The van der Waals surface area contributed by atoms with Crippen molar-refractivity contribution in [1.82, 2.24) is 4.90 Å². The van der Waals surface area contributed by atoms with Gasteiger partial charge in [0.25, 0.3) is 0 Å². The van der Waals surface area contributed by atoms with Gasteiger partial charge in [0.15, 0.2) is 0 Å². The van der Waals surface area contributed by atoms with Crippen molar-refractivity contribution < 1.29 is 43.2 Å². The summed E-state index contributed by atoms with van der Waals surface area (Å²) >= 11 is 0. The second-order valence-corrected chi connectivity index (χ2v) is 21.1. The standard InChI is InChI=1S/C61H81FN2O8/c1-6-8-9-10-11-12-13-14-15-22-38-68-59(67)64(43-44-27-30-48(62)31-28-44)56-42-54(63-72-60(3,4)5)52-40-47(25-18-20-35-65)51(26-19-21-36-66)57-53-41-50(70-49-32-29-45-23-16-17-24-46(45)39-49)33-34-55(53)71-61(56,58(52)57)69-37-7-2/h7,16-17,23-24,27-34,39-41,47,51,56-58,65-66H,2,6,8-15,18-22,25-26,35-38,42-43H2,1,3-5H3. The van der Waals surface area contributed by atoms with Crippen molar-refractivity contribution in [1.29, 1.82) is 0 Å². The number of carbonyl (C=O) groups excluding carboxylic acids is 1. The Bertz CT molecular complexity index is 2410. The van der Waals surface area contributed by atoms with Crippen molar-refractivity contribution in [2.75, 3.05) is 26.4 Å². The molecule has 0 saturated heterocycles. The lowest BCUT2D eigenvalue weighted by molar-refractivity contribution is -0.256. The quantitative estimate of drug-likeness (QED) is 0.0328. The van der Waals surface area contributed by atoms with Gasteiger partial charge in [0.2, 0.25) is 5.79 Å². The molecule has 0 aromatic heterocycles. The third kappa shape index (κ3) is 14.1. The number of halogens is 1. The highest BCUT2D eigenvalue weighted by Gasteiger charge is 2.66. The summed E-state index contributed by atoms with van der Waals surface area (Å²) < 4.78 is 42.2. The molecule has 6 atom stereocenters. The van der Waals surface area contributed by atoms with E-state index >= 15 is 4.79 Å². The molecule has 7 rings (SSSR count). The predicted molar refractivity (Wildman–Crippen MR) is 285 cm³/mol. The molecule has 2 aliphatic carbocycles. The van der Waals surface area contributed by atoms with Crippen molar-refractivity contribution >= 4 is 22.6 Å². The summed E-state index contributed by atoms with van der Waals surface area (Å²) in [6.07, 6.45) is 19.8. The zero-order chi connectivity index (χ0) is 50.9. The van der Waals surface area contributed by atoms with E-state index in [1.807, 2.05) is 57.2 Å². The first-order valence-corrected chi connectivity index (χ1v) is 27.1. The zero-order valence-electron chi connectivity index (χ0n) is 43.5. The van der Waals surface area contributed by atoms with E-state index in [2.05, 4.69) is 43.8 Å². The molecule has 3 aliphatic rings. The second-order valence-electron chi connectivity index (χ2n) is 21.1. The van der Waals surface area contributed by atoms with Crippen LogP contribution >= 0.6 is 0 Å². The smallest absolute Gasteiger partial charge is 0.410 e. The largest absolute Gasteiger partial charge is 0.459 e. The SMILES string of the molecule is C=CCOC12Oc3ccc(Oc4ccc5ccccc5c4)cc3C3C(CCCCO)C(CCCCO)C=C(C(=NOC(C)(C)C)CC1N(Cc1ccc(F)cc1)C(=O)OCCCCCCCCCCCC)C32. The third-order valence-corrected chi connectivity index (χ3v) is 14.6. The minimum atomic E-state index is -1.50. The molecule has 1 saturated carbocycles. The van der Waals surface area contributed by atoms with Crippen molar-refractivity contribution in [3.05, 3.63) is 126 Å². The number of oxime groups is 1. The van der Waals surface area contributed by atoms with Crippen LogP contribution in [0.25, 0.3) is 10.8 Å². The lowest BCUT2D eigenvalue weighted by Crippen LogP contribution is -2.70. The summed E-state index contributed by atoms with van der Waals surface area (Å²) in [6.45, 7) is 12.8. The van der Waals surface area contributed by atoms with Crippen LogP contribution in [0.5, 0.6) is 17.2 Å². The van der Waals surface area contributed by atoms with E-state index in [0.29, 0.717) is 35.8 Å². The molecule has 0 radical (unpaired) electrons. The number of ether oxygens (including phenoxy) is 4. The highest BCUT2D eigenvalue weighted by atomic mass is 19.1. The first kappa shape index (κ1) is 54.5. The molecule has 1 fully saturated rings. The van der Waals surface area contributed by atoms with Crippen molar-refractivity contribution in [3.63, 3.8) is 0 Å². The lowest BCUT2D eigenvalue weighted by Gasteiger charge is -2.60. The molecule has 4 aromatic carbocycles. The number of carbonyl (C=O) groups is 1. The van der Waals surface area contributed by atoms with E-state index in [1.54, 1.807) is 23.1 Å². The number of benzene rings is 4. The van der Waals surface area contributed by atoms with Crippen LogP contribution in [0.4, 0.5) is 9.18 Å². The van der Waals surface area contributed by atoms with Crippen LogP contribution in [0.15, 0.2) is 114 Å². The van der Waals surface area contributed by atoms with Crippen LogP contribution in [0.1, 0.15) is 154 Å².